The van der Waals surface area contributed by atoms with Crippen LogP contribution < -0.4 is 14.8 Å². The lowest BCUT2D eigenvalue weighted by atomic mass is 10.2. The molecule has 2 aromatic carbocycles. The van der Waals surface area contributed by atoms with Crippen LogP contribution in [0.5, 0.6) is 11.5 Å². The van der Waals surface area contributed by atoms with Crippen LogP contribution >= 0.6 is 0 Å². The van der Waals surface area contributed by atoms with Crippen LogP contribution in [0.15, 0.2) is 36.4 Å². The third-order valence-corrected chi connectivity index (χ3v) is 3.21. The SMILES string of the molecule is CCOc1ccc(Nc2ccc([N+](=O)[O-])cc2[N+](=O)[O-])cc1OCC. The first-order valence-electron chi connectivity index (χ1n) is 7.55. The molecule has 2 aromatic rings. The van der Waals surface area contributed by atoms with Gasteiger partial charge in [-0.25, -0.2) is 0 Å². The standard InChI is InChI=1S/C16H17N3O6/c1-3-24-15-8-5-11(9-16(15)25-4-2)17-13-7-6-12(18(20)21)10-14(13)19(22)23/h5-10,17H,3-4H2,1-2H3. The summed E-state index contributed by atoms with van der Waals surface area (Å²) in [4.78, 5) is 20.6. The van der Waals surface area contributed by atoms with Gasteiger partial charge in [0.25, 0.3) is 11.4 Å². The number of nitrogens with zero attached hydrogens (tertiary/aromatic N) is 2. The van der Waals surface area contributed by atoms with E-state index in [1.807, 2.05) is 13.8 Å². The van der Waals surface area contributed by atoms with Crippen LogP contribution in [0.3, 0.4) is 0 Å². The summed E-state index contributed by atoms with van der Waals surface area (Å²) in [6, 6.07) is 8.44. The molecule has 9 heteroatoms. The van der Waals surface area contributed by atoms with Crippen LogP contribution in [-0.2, 0) is 0 Å². The Morgan fingerprint density at radius 3 is 2.20 bits per heavy atom. The van der Waals surface area contributed by atoms with Crippen LogP contribution in [0.2, 0.25) is 0 Å². The maximum absolute atomic E-state index is 11.2. The molecule has 0 bridgehead atoms. The maximum atomic E-state index is 11.2. The summed E-state index contributed by atoms with van der Waals surface area (Å²) in [6.45, 7) is 4.58. The highest BCUT2D eigenvalue weighted by molar-refractivity contribution is 5.72. The van der Waals surface area contributed by atoms with E-state index in [4.69, 9.17) is 9.47 Å². The molecule has 0 atom stereocenters. The van der Waals surface area contributed by atoms with E-state index in [9.17, 15) is 20.2 Å². The normalized spacial score (nSPS) is 10.2. The molecule has 0 aliphatic heterocycles. The molecular formula is C16H17N3O6. The summed E-state index contributed by atoms with van der Waals surface area (Å²) in [5, 5.41) is 24.9. The van der Waals surface area contributed by atoms with Crippen LogP contribution in [0.25, 0.3) is 0 Å². The number of nitro benzene ring substituents is 2. The van der Waals surface area contributed by atoms with Gasteiger partial charge in [0.2, 0.25) is 0 Å². The minimum atomic E-state index is -0.680. The lowest BCUT2D eigenvalue weighted by Crippen LogP contribution is -2.01. The number of ether oxygens (including phenoxy) is 2. The van der Waals surface area contributed by atoms with Crippen molar-refractivity contribution < 1.29 is 19.3 Å². The van der Waals surface area contributed by atoms with Crippen molar-refractivity contribution in [3.05, 3.63) is 56.6 Å². The number of nitro groups is 2. The molecule has 1 N–H and O–H groups in total. The zero-order chi connectivity index (χ0) is 18.4. The predicted molar refractivity (Wildman–Crippen MR) is 91.8 cm³/mol. The number of nitrogens with one attached hydrogen (secondary N) is 1. The molecule has 9 nitrogen and oxygen atoms in total. The fraction of sp³-hybridized carbons (Fsp3) is 0.250. The van der Waals surface area contributed by atoms with Crippen LogP contribution in [0.1, 0.15) is 13.8 Å². The van der Waals surface area contributed by atoms with Gasteiger partial charge < -0.3 is 14.8 Å². The Morgan fingerprint density at radius 1 is 0.920 bits per heavy atom. The zero-order valence-electron chi connectivity index (χ0n) is 13.7. The van der Waals surface area contributed by atoms with Gasteiger partial charge in [-0.1, -0.05) is 0 Å². The van der Waals surface area contributed by atoms with Crippen molar-refractivity contribution in [3.8, 4) is 11.5 Å². The molecule has 0 saturated heterocycles. The molecule has 0 amide bonds. The van der Waals surface area contributed by atoms with Gasteiger partial charge in [-0.2, -0.15) is 0 Å². The van der Waals surface area contributed by atoms with E-state index in [1.165, 1.54) is 12.1 Å². The van der Waals surface area contributed by atoms with E-state index < -0.39 is 9.85 Å². The van der Waals surface area contributed by atoms with Crippen LogP contribution in [0, 0.1) is 20.2 Å². The molecule has 0 saturated carbocycles. The van der Waals surface area contributed by atoms with E-state index in [0.29, 0.717) is 30.4 Å². The van der Waals surface area contributed by atoms with Gasteiger partial charge in [-0.05, 0) is 32.0 Å². The molecule has 25 heavy (non-hydrogen) atoms. The van der Waals surface area contributed by atoms with Crippen LogP contribution in [-0.4, -0.2) is 23.1 Å². The lowest BCUT2D eigenvalue weighted by Gasteiger charge is -2.13. The van der Waals surface area contributed by atoms with Gasteiger partial charge in [0.1, 0.15) is 5.69 Å². The monoisotopic (exact) mass is 347 g/mol. The fourth-order valence-electron chi connectivity index (χ4n) is 2.17. The Kier molecular flexibility index (Phi) is 5.72. The third kappa shape index (κ3) is 4.34. The molecule has 0 aromatic heterocycles. The lowest BCUT2D eigenvalue weighted by molar-refractivity contribution is -0.393. The highest BCUT2D eigenvalue weighted by Crippen LogP contribution is 2.35. The summed E-state index contributed by atoms with van der Waals surface area (Å²) in [6.07, 6.45) is 0. The largest absolute Gasteiger partial charge is 0.490 e. The van der Waals surface area contributed by atoms with E-state index in [0.717, 1.165) is 6.07 Å². The average Bonchev–Trinajstić information content (AvgIpc) is 2.57. The minimum Gasteiger partial charge on any atom is -0.490 e. The second-order valence-corrected chi connectivity index (χ2v) is 4.87. The first-order valence-corrected chi connectivity index (χ1v) is 7.55. The molecule has 0 radical (unpaired) electrons. The predicted octanol–water partition coefficient (Wildman–Crippen LogP) is 4.04. The highest BCUT2D eigenvalue weighted by Gasteiger charge is 2.20. The number of hydrogen-bond acceptors (Lipinski definition) is 7. The summed E-state index contributed by atoms with van der Waals surface area (Å²) >= 11 is 0. The number of anilines is 2. The van der Waals surface area contributed by atoms with Crippen LogP contribution in [0.4, 0.5) is 22.7 Å². The van der Waals surface area contributed by atoms with E-state index in [2.05, 4.69) is 5.32 Å². The molecule has 0 heterocycles. The Morgan fingerprint density at radius 2 is 1.60 bits per heavy atom. The third-order valence-electron chi connectivity index (χ3n) is 3.21. The smallest absolute Gasteiger partial charge is 0.299 e. The number of hydrogen-bond donors (Lipinski definition) is 1. The van der Waals surface area contributed by atoms with Crippen molar-refractivity contribution in [2.75, 3.05) is 18.5 Å². The number of rotatable bonds is 8. The van der Waals surface area contributed by atoms with Gasteiger partial charge in [-0.3, -0.25) is 20.2 Å². The molecule has 132 valence electrons. The first-order chi connectivity index (χ1) is 12.0. The van der Waals surface area contributed by atoms with E-state index in [-0.39, 0.29) is 17.1 Å². The Balaban J connectivity index is 2.37. The molecular weight excluding hydrogens is 330 g/mol. The topological polar surface area (TPSA) is 117 Å². The van der Waals surface area contributed by atoms with Crippen molar-refractivity contribution in [3.63, 3.8) is 0 Å². The Bertz CT molecular complexity index is 793. The summed E-state index contributed by atoms with van der Waals surface area (Å²) in [5.41, 5.74) is -0.0638. The second kappa shape index (κ2) is 7.95. The number of non-ortho nitro benzene ring substituents is 1. The highest BCUT2D eigenvalue weighted by atomic mass is 16.6. The Hall–Kier alpha value is -3.36. The molecule has 2 rings (SSSR count). The minimum absolute atomic E-state index is 0.141. The number of benzene rings is 2. The molecule has 0 aliphatic rings. The van der Waals surface area contributed by atoms with Gasteiger partial charge in [0, 0.05) is 17.8 Å². The summed E-state index contributed by atoms with van der Waals surface area (Å²) in [7, 11) is 0. The van der Waals surface area contributed by atoms with Gasteiger partial charge in [-0.15, -0.1) is 0 Å². The fourth-order valence-corrected chi connectivity index (χ4v) is 2.17. The average molecular weight is 347 g/mol. The van der Waals surface area contributed by atoms with Crippen molar-refractivity contribution in [2.24, 2.45) is 0 Å². The molecule has 0 aliphatic carbocycles. The Labute approximate surface area is 143 Å². The maximum Gasteiger partial charge on any atom is 0.299 e. The second-order valence-electron chi connectivity index (χ2n) is 4.87. The quantitative estimate of drug-likeness (QED) is 0.565. The van der Waals surface area contributed by atoms with Gasteiger partial charge >= 0.3 is 0 Å². The first kappa shape index (κ1) is 18.0. The van der Waals surface area contributed by atoms with E-state index >= 15 is 0 Å². The van der Waals surface area contributed by atoms with E-state index in [1.54, 1.807) is 18.2 Å². The van der Waals surface area contributed by atoms with Gasteiger partial charge in [0.15, 0.2) is 11.5 Å². The van der Waals surface area contributed by atoms with Crippen molar-refractivity contribution in [1.82, 2.24) is 0 Å². The summed E-state index contributed by atoms with van der Waals surface area (Å²) in [5.74, 6) is 1.06. The molecule has 0 unspecified atom stereocenters. The van der Waals surface area contributed by atoms with Crippen molar-refractivity contribution in [1.29, 1.82) is 0 Å². The zero-order valence-corrected chi connectivity index (χ0v) is 13.7. The summed E-state index contributed by atoms with van der Waals surface area (Å²) < 4.78 is 11.0. The molecule has 0 fully saturated rings. The molecule has 0 spiro atoms. The van der Waals surface area contributed by atoms with Gasteiger partial charge in [0.05, 0.1) is 29.1 Å². The van der Waals surface area contributed by atoms with Crippen molar-refractivity contribution in [2.45, 2.75) is 13.8 Å². The van der Waals surface area contributed by atoms with Crippen molar-refractivity contribution >= 4 is 22.7 Å².